The van der Waals surface area contributed by atoms with Crippen LogP contribution < -0.4 is 16.6 Å². The molecule has 4 N–H and O–H groups in total. The number of rotatable bonds is 3. The lowest BCUT2D eigenvalue weighted by molar-refractivity contribution is 0.248. The maximum Gasteiger partial charge on any atom is 0.312 e. The number of aromatic amines is 1. The third-order valence-corrected chi connectivity index (χ3v) is 2.65. The smallest absolute Gasteiger partial charge is 0.312 e. The second-order valence-electron chi connectivity index (χ2n) is 3.91. The monoisotopic (exact) mass is 246 g/mol. The van der Waals surface area contributed by atoms with Crippen molar-refractivity contribution in [2.24, 2.45) is 5.73 Å². The largest absolute Gasteiger partial charge is 0.352 e. The normalized spacial score (nSPS) is 10.3. The van der Waals surface area contributed by atoms with Crippen LogP contribution in [-0.4, -0.2) is 15.8 Å². The number of carbonyl (C=O) groups is 1. The van der Waals surface area contributed by atoms with Crippen LogP contribution in [0.15, 0.2) is 35.1 Å². The van der Waals surface area contributed by atoms with Crippen LogP contribution in [0.4, 0.5) is 4.79 Å². The number of benzene rings is 1. The van der Waals surface area contributed by atoms with E-state index in [1.807, 2.05) is 30.3 Å². The van der Waals surface area contributed by atoms with E-state index in [1.165, 1.54) is 4.68 Å². The van der Waals surface area contributed by atoms with Crippen molar-refractivity contribution >= 4 is 6.03 Å². The number of nitrogens with zero attached hydrogens (tertiary/aromatic N) is 1. The molecule has 0 atom stereocenters. The summed E-state index contributed by atoms with van der Waals surface area (Å²) >= 11 is 0. The summed E-state index contributed by atoms with van der Waals surface area (Å²) in [6.45, 7) is 1.90. The van der Waals surface area contributed by atoms with Gasteiger partial charge in [0.25, 0.3) is 5.56 Å². The summed E-state index contributed by atoms with van der Waals surface area (Å²) in [7, 11) is 0. The van der Waals surface area contributed by atoms with Crippen LogP contribution in [0, 0.1) is 6.92 Å². The van der Waals surface area contributed by atoms with Crippen molar-refractivity contribution in [2.75, 3.05) is 0 Å². The van der Waals surface area contributed by atoms with E-state index in [4.69, 9.17) is 5.73 Å². The highest BCUT2D eigenvalue weighted by Gasteiger charge is 2.12. The number of carbonyl (C=O) groups excluding carboxylic acids is 1. The Morgan fingerprint density at radius 2 is 2.06 bits per heavy atom. The average molecular weight is 246 g/mol. The fourth-order valence-electron chi connectivity index (χ4n) is 1.72. The minimum Gasteiger partial charge on any atom is -0.352 e. The zero-order valence-electron chi connectivity index (χ0n) is 9.93. The molecule has 94 valence electrons. The molecule has 0 bridgehead atoms. The van der Waals surface area contributed by atoms with Crippen molar-refractivity contribution in [1.82, 2.24) is 15.1 Å². The number of H-pyrrole nitrogens is 1. The molecular formula is C12H14N4O2. The maximum absolute atomic E-state index is 12.1. The number of aromatic nitrogens is 2. The molecule has 0 aliphatic heterocycles. The molecule has 0 spiro atoms. The molecule has 0 saturated heterocycles. The molecule has 2 aromatic rings. The Morgan fingerprint density at radius 1 is 1.39 bits per heavy atom. The van der Waals surface area contributed by atoms with Crippen LogP contribution in [0.1, 0.15) is 11.3 Å². The Bertz CT molecular complexity index is 613. The van der Waals surface area contributed by atoms with E-state index < -0.39 is 6.03 Å². The first kappa shape index (κ1) is 12.0. The SMILES string of the molecule is Cc1[nH]n(-c2ccccc2)c(=O)c1CNC(N)=O. The number of aryl methyl sites for hydroxylation is 1. The zero-order chi connectivity index (χ0) is 13.1. The van der Waals surface area contributed by atoms with E-state index in [2.05, 4.69) is 10.4 Å². The first-order valence-corrected chi connectivity index (χ1v) is 5.49. The van der Waals surface area contributed by atoms with Crippen LogP contribution in [0.2, 0.25) is 0 Å². The highest BCUT2D eigenvalue weighted by molar-refractivity contribution is 5.71. The third kappa shape index (κ3) is 2.27. The summed E-state index contributed by atoms with van der Waals surface area (Å²) in [5, 5.41) is 5.38. The molecule has 0 saturated carbocycles. The molecule has 0 radical (unpaired) electrons. The first-order chi connectivity index (χ1) is 8.59. The average Bonchev–Trinajstić information content (AvgIpc) is 2.63. The first-order valence-electron chi connectivity index (χ1n) is 5.49. The van der Waals surface area contributed by atoms with Gasteiger partial charge in [-0.25, -0.2) is 9.48 Å². The second-order valence-corrected chi connectivity index (χ2v) is 3.91. The lowest BCUT2D eigenvalue weighted by Gasteiger charge is -1.99. The Hall–Kier alpha value is -2.50. The standard InChI is InChI=1S/C12H14N4O2/c1-8-10(7-14-12(13)18)11(17)16(15-8)9-5-3-2-4-6-9/h2-6,15H,7H2,1H3,(H3,13,14,18). The summed E-state index contributed by atoms with van der Waals surface area (Å²) in [5.41, 5.74) is 6.75. The van der Waals surface area contributed by atoms with Gasteiger partial charge < -0.3 is 11.1 Å². The third-order valence-electron chi connectivity index (χ3n) is 2.65. The zero-order valence-corrected chi connectivity index (χ0v) is 9.93. The summed E-state index contributed by atoms with van der Waals surface area (Å²) in [6, 6.07) is 8.56. The van der Waals surface area contributed by atoms with Crippen LogP contribution >= 0.6 is 0 Å². The van der Waals surface area contributed by atoms with Gasteiger partial charge in [0, 0.05) is 5.69 Å². The van der Waals surface area contributed by atoms with E-state index in [0.717, 1.165) is 5.69 Å². The van der Waals surface area contributed by atoms with E-state index in [9.17, 15) is 9.59 Å². The highest BCUT2D eigenvalue weighted by atomic mass is 16.2. The van der Waals surface area contributed by atoms with E-state index in [-0.39, 0.29) is 12.1 Å². The molecule has 6 heteroatoms. The van der Waals surface area contributed by atoms with Crippen molar-refractivity contribution in [3.8, 4) is 5.69 Å². The molecule has 2 rings (SSSR count). The van der Waals surface area contributed by atoms with Gasteiger partial charge in [0.2, 0.25) is 0 Å². The van der Waals surface area contributed by atoms with Crippen molar-refractivity contribution in [1.29, 1.82) is 0 Å². The number of hydrogen-bond acceptors (Lipinski definition) is 2. The Labute approximate surface area is 103 Å². The van der Waals surface area contributed by atoms with Gasteiger partial charge in [0.05, 0.1) is 17.8 Å². The minimum absolute atomic E-state index is 0.121. The summed E-state index contributed by atoms with van der Waals surface area (Å²) in [5.74, 6) is 0. The number of nitrogens with two attached hydrogens (primary N) is 1. The van der Waals surface area contributed by atoms with E-state index >= 15 is 0 Å². The molecule has 1 aromatic heterocycles. The molecule has 1 aromatic carbocycles. The lowest BCUT2D eigenvalue weighted by Crippen LogP contribution is -2.31. The van der Waals surface area contributed by atoms with Gasteiger partial charge in [0.15, 0.2) is 0 Å². The van der Waals surface area contributed by atoms with Crippen LogP contribution in [0.5, 0.6) is 0 Å². The van der Waals surface area contributed by atoms with Crippen molar-refractivity contribution in [3.63, 3.8) is 0 Å². The van der Waals surface area contributed by atoms with Crippen LogP contribution in [-0.2, 0) is 6.54 Å². The van der Waals surface area contributed by atoms with Crippen molar-refractivity contribution in [3.05, 3.63) is 51.9 Å². The quantitative estimate of drug-likeness (QED) is 0.741. The Balaban J connectivity index is 2.38. The van der Waals surface area contributed by atoms with Crippen LogP contribution in [0.3, 0.4) is 0 Å². The Kier molecular flexibility index (Phi) is 3.18. The van der Waals surface area contributed by atoms with Gasteiger partial charge >= 0.3 is 6.03 Å². The molecule has 0 unspecified atom stereocenters. The summed E-state index contributed by atoms with van der Waals surface area (Å²) in [4.78, 5) is 22.8. The van der Waals surface area contributed by atoms with Gasteiger partial charge in [-0.1, -0.05) is 18.2 Å². The maximum atomic E-state index is 12.1. The predicted octanol–water partition coefficient (Wildman–Crippen LogP) is 0.642. The molecule has 0 aliphatic carbocycles. The van der Waals surface area contributed by atoms with Crippen molar-refractivity contribution < 1.29 is 4.79 Å². The van der Waals surface area contributed by atoms with Crippen LogP contribution in [0.25, 0.3) is 5.69 Å². The number of primary amides is 1. The Morgan fingerprint density at radius 3 is 2.67 bits per heavy atom. The number of para-hydroxylation sites is 1. The number of amides is 2. The van der Waals surface area contributed by atoms with Gasteiger partial charge in [0.1, 0.15) is 0 Å². The molecule has 6 nitrogen and oxygen atoms in total. The van der Waals surface area contributed by atoms with E-state index in [1.54, 1.807) is 6.92 Å². The summed E-state index contributed by atoms with van der Waals surface area (Å²) in [6.07, 6.45) is 0. The number of nitrogens with one attached hydrogen (secondary N) is 2. The lowest BCUT2D eigenvalue weighted by atomic mass is 10.2. The number of urea groups is 1. The van der Waals surface area contributed by atoms with Gasteiger partial charge in [-0.3, -0.25) is 9.89 Å². The topological polar surface area (TPSA) is 92.9 Å². The molecule has 18 heavy (non-hydrogen) atoms. The van der Waals surface area contributed by atoms with Crippen molar-refractivity contribution in [2.45, 2.75) is 13.5 Å². The van der Waals surface area contributed by atoms with Gasteiger partial charge in [-0.15, -0.1) is 0 Å². The second kappa shape index (κ2) is 4.79. The predicted molar refractivity (Wildman–Crippen MR) is 67.5 cm³/mol. The molecular weight excluding hydrogens is 232 g/mol. The molecule has 2 amide bonds. The fraction of sp³-hybridized carbons (Fsp3) is 0.167. The molecule has 0 aliphatic rings. The van der Waals surface area contributed by atoms with Gasteiger partial charge in [-0.2, -0.15) is 0 Å². The summed E-state index contributed by atoms with van der Waals surface area (Å²) < 4.78 is 1.44. The minimum atomic E-state index is -0.652. The highest BCUT2D eigenvalue weighted by Crippen LogP contribution is 2.06. The van der Waals surface area contributed by atoms with Gasteiger partial charge in [-0.05, 0) is 19.1 Å². The number of hydrogen-bond donors (Lipinski definition) is 3. The molecule has 1 heterocycles. The fourth-order valence-corrected chi connectivity index (χ4v) is 1.72. The van der Waals surface area contributed by atoms with E-state index in [0.29, 0.717) is 11.3 Å². The molecule has 0 fully saturated rings.